The molecule has 2 heterocycles. The highest BCUT2D eigenvalue weighted by Crippen LogP contribution is 2.27. The number of rotatable bonds is 8. The molecule has 3 rings (SSSR count). The number of hydrogen-bond acceptors (Lipinski definition) is 7. The maximum absolute atomic E-state index is 12.6. The number of nitrogens with zero attached hydrogens (tertiary/aromatic N) is 1. The van der Waals surface area contributed by atoms with E-state index in [4.69, 9.17) is 21.1 Å². The zero-order valence-corrected chi connectivity index (χ0v) is 17.9. The van der Waals surface area contributed by atoms with Crippen molar-refractivity contribution in [2.24, 2.45) is 0 Å². The third kappa shape index (κ3) is 5.02. The van der Waals surface area contributed by atoms with Crippen LogP contribution in [0.5, 0.6) is 0 Å². The van der Waals surface area contributed by atoms with Crippen LogP contribution >= 0.6 is 22.9 Å². The van der Waals surface area contributed by atoms with Crippen LogP contribution in [0.15, 0.2) is 29.1 Å². The lowest BCUT2D eigenvalue weighted by molar-refractivity contribution is 0.0393. The summed E-state index contributed by atoms with van der Waals surface area (Å²) in [6.07, 6.45) is 0. The van der Waals surface area contributed by atoms with Gasteiger partial charge in [-0.3, -0.25) is 4.79 Å². The van der Waals surface area contributed by atoms with Gasteiger partial charge in [0.2, 0.25) is 0 Å². The first-order chi connectivity index (χ1) is 13.9. The van der Waals surface area contributed by atoms with Crippen LogP contribution in [0.25, 0.3) is 10.2 Å². The van der Waals surface area contributed by atoms with E-state index < -0.39 is 5.97 Å². The van der Waals surface area contributed by atoms with Gasteiger partial charge >= 0.3 is 5.97 Å². The fourth-order valence-electron chi connectivity index (χ4n) is 2.89. The number of ether oxygens (including phenoxy) is 2. The van der Waals surface area contributed by atoms with Crippen molar-refractivity contribution in [3.8, 4) is 0 Å². The van der Waals surface area contributed by atoms with Crippen LogP contribution in [0, 0.1) is 6.92 Å². The van der Waals surface area contributed by atoms with Crippen molar-refractivity contribution in [2.75, 3.05) is 20.3 Å². The first-order valence-electron chi connectivity index (χ1n) is 9.08. The van der Waals surface area contributed by atoms with Gasteiger partial charge in [-0.15, -0.1) is 11.3 Å². The number of fused-ring (bicyclic) bond motifs is 1. The molecule has 0 saturated carbocycles. The molecule has 0 aliphatic heterocycles. The molecule has 2 N–H and O–H groups in total. The number of H-pyrrole nitrogens is 1. The molecule has 0 spiro atoms. The van der Waals surface area contributed by atoms with Crippen LogP contribution < -0.4 is 10.9 Å². The van der Waals surface area contributed by atoms with Gasteiger partial charge in [0, 0.05) is 18.2 Å². The zero-order valence-electron chi connectivity index (χ0n) is 16.4. The Kier molecular flexibility index (Phi) is 7.02. The van der Waals surface area contributed by atoms with Crippen molar-refractivity contribution < 1.29 is 14.3 Å². The van der Waals surface area contributed by atoms with Crippen LogP contribution in [0.3, 0.4) is 0 Å². The number of aromatic nitrogens is 2. The van der Waals surface area contributed by atoms with Crippen molar-refractivity contribution in [1.29, 1.82) is 0 Å². The molecule has 0 aliphatic rings. The fourth-order valence-corrected chi connectivity index (χ4v) is 4.19. The minimum Gasteiger partial charge on any atom is -0.459 e. The Balaban J connectivity index is 1.78. The van der Waals surface area contributed by atoms with Crippen LogP contribution in [-0.2, 0) is 16.0 Å². The molecular formula is C20H22ClN3O4S. The van der Waals surface area contributed by atoms with E-state index >= 15 is 0 Å². The molecule has 2 aromatic heterocycles. The van der Waals surface area contributed by atoms with Gasteiger partial charge in [0.25, 0.3) is 5.56 Å². The topological polar surface area (TPSA) is 93.3 Å². The quantitative estimate of drug-likeness (QED) is 0.414. The van der Waals surface area contributed by atoms with E-state index in [9.17, 15) is 9.59 Å². The second-order valence-corrected chi connectivity index (χ2v) is 7.97. The number of aryl methyl sites for hydroxylation is 1. The summed E-state index contributed by atoms with van der Waals surface area (Å²) in [6.45, 7) is 4.56. The lowest BCUT2D eigenvalue weighted by atomic mass is 10.1. The Morgan fingerprint density at radius 2 is 2.17 bits per heavy atom. The molecule has 1 atom stereocenters. The molecule has 1 aromatic carbocycles. The first-order valence-corrected chi connectivity index (χ1v) is 10.3. The minimum atomic E-state index is -0.476. The molecular weight excluding hydrogens is 414 g/mol. The van der Waals surface area contributed by atoms with Gasteiger partial charge in [-0.25, -0.2) is 9.78 Å². The van der Waals surface area contributed by atoms with E-state index in [2.05, 4.69) is 15.3 Å². The van der Waals surface area contributed by atoms with Gasteiger partial charge in [-0.1, -0.05) is 23.7 Å². The molecule has 3 aromatic rings. The largest absolute Gasteiger partial charge is 0.459 e. The number of esters is 1. The van der Waals surface area contributed by atoms with Crippen LogP contribution in [0.2, 0.25) is 5.02 Å². The molecule has 29 heavy (non-hydrogen) atoms. The first kappa shape index (κ1) is 21.4. The van der Waals surface area contributed by atoms with E-state index in [1.165, 1.54) is 7.11 Å². The highest BCUT2D eigenvalue weighted by atomic mass is 35.5. The van der Waals surface area contributed by atoms with Gasteiger partial charge in [-0.2, -0.15) is 0 Å². The van der Waals surface area contributed by atoms with Crippen molar-refractivity contribution in [1.82, 2.24) is 15.3 Å². The molecule has 154 valence electrons. The smallest absolute Gasteiger partial charge is 0.348 e. The molecule has 7 nitrogen and oxygen atoms in total. The van der Waals surface area contributed by atoms with Crippen LogP contribution in [0.4, 0.5) is 0 Å². The summed E-state index contributed by atoms with van der Waals surface area (Å²) in [5.41, 5.74) is 1.34. The third-order valence-corrected chi connectivity index (χ3v) is 5.88. The van der Waals surface area contributed by atoms with E-state index in [1.54, 1.807) is 6.92 Å². The highest BCUT2D eigenvalue weighted by Gasteiger charge is 2.20. The lowest BCUT2D eigenvalue weighted by Gasteiger charge is -2.14. The molecule has 0 unspecified atom stereocenters. The standard InChI is InChI=1S/C20H22ClN3O4S/c1-11-16-18(25)23-15(10-22-12(2)13-5-4-6-14(21)9-13)24-19(16)29-17(11)20(26)28-8-7-27-3/h4-6,9,12,22H,7-8,10H2,1-3H3,(H,23,24,25)/t12-/m1/s1. The van der Waals surface area contributed by atoms with E-state index in [0.29, 0.717) is 44.7 Å². The van der Waals surface area contributed by atoms with Gasteiger partial charge < -0.3 is 19.8 Å². The Hall–Kier alpha value is -2.26. The number of hydrogen-bond donors (Lipinski definition) is 2. The Bertz CT molecular complexity index is 1080. The normalized spacial score (nSPS) is 12.3. The lowest BCUT2D eigenvalue weighted by Crippen LogP contribution is -2.22. The molecule has 9 heteroatoms. The number of benzene rings is 1. The summed E-state index contributed by atoms with van der Waals surface area (Å²) in [5.74, 6) is 0.0214. The molecule has 0 aliphatic carbocycles. The van der Waals surface area contributed by atoms with E-state index in [-0.39, 0.29) is 18.2 Å². The van der Waals surface area contributed by atoms with Crippen LogP contribution in [0.1, 0.15) is 39.6 Å². The molecule has 0 bridgehead atoms. The highest BCUT2D eigenvalue weighted by molar-refractivity contribution is 7.20. The summed E-state index contributed by atoms with van der Waals surface area (Å²) < 4.78 is 10.1. The summed E-state index contributed by atoms with van der Waals surface area (Å²) in [4.78, 5) is 33.1. The van der Waals surface area contributed by atoms with Gasteiger partial charge in [-0.05, 0) is 37.1 Å². The molecule has 0 saturated heterocycles. The Morgan fingerprint density at radius 1 is 1.38 bits per heavy atom. The average Bonchev–Trinajstić information content (AvgIpc) is 3.03. The summed E-state index contributed by atoms with van der Waals surface area (Å²) in [5, 5.41) is 4.41. The Labute approximate surface area is 177 Å². The Morgan fingerprint density at radius 3 is 2.90 bits per heavy atom. The van der Waals surface area contributed by atoms with Crippen molar-refractivity contribution in [2.45, 2.75) is 26.4 Å². The van der Waals surface area contributed by atoms with Crippen molar-refractivity contribution in [3.05, 3.63) is 61.5 Å². The van der Waals surface area contributed by atoms with E-state index in [1.807, 2.05) is 31.2 Å². The average molecular weight is 436 g/mol. The summed E-state index contributed by atoms with van der Waals surface area (Å²) in [6, 6.07) is 7.60. The summed E-state index contributed by atoms with van der Waals surface area (Å²) >= 11 is 7.20. The van der Waals surface area contributed by atoms with Gasteiger partial charge in [0.05, 0.1) is 18.5 Å². The predicted octanol–water partition coefficient (Wildman–Crippen LogP) is 3.60. The number of carbonyl (C=O) groups excluding carboxylic acids is 1. The number of carbonyl (C=O) groups is 1. The second kappa shape index (κ2) is 9.49. The zero-order chi connectivity index (χ0) is 21.0. The predicted molar refractivity (Wildman–Crippen MR) is 114 cm³/mol. The monoisotopic (exact) mass is 435 g/mol. The maximum atomic E-state index is 12.6. The van der Waals surface area contributed by atoms with Gasteiger partial charge in [0.1, 0.15) is 22.1 Å². The fraction of sp³-hybridized carbons (Fsp3) is 0.350. The molecule has 0 radical (unpaired) electrons. The number of methoxy groups -OCH3 is 1. The third-order valence-electron chi connectivity index (χ3n) is 4.48. The van der Waals surface area contributed by atoms with Crippen molar-refractivity contribution >= 4 is 39.1 Å². The SMILES string of the molecule is COCCOC(=O)c1sc2nc(CN[C@H](C)c3cccc(Cl)c3)[nH]c(=O)c2c1C. The number of nitrogens with one attached hydrogen (secondary N) is 2. The summed E-state index contributed by atoms with van der Waals surface area (Å²) in [7, 11) is 1.53. The number of thiophene rings is 1. The van der Waals surface area contributed by atoms with Crippen molar-refractivity contribution in [3.63, 3.8) is 0 Å². The minimum absolute atomic E-state index is 0.0195. The maximum Gasteiger partial charge on any atom is 0.348 e. The van der Waals surface area contributed by atoms with Crippen LogP contribution in [-0.4, -0.2) is 36.3 Å². The number of aromatic amines is 1. The molecule has 0 fully saturated rings. The number of halogens is 1. The second-order valence-electron chi connectivity index (χ2n) is 6.54. The van der Waals surface area contributed by atoms with Gasteiger partial charge in [0.15, 0.2) is 0 Å². The van der Waals surface area contributed by atoms with E-state index in [0.717, 1.165) is 16.9 Å². The molecule has 0 amide bonds.